The van der Waals surface area contributed by atoms with Gasteiger partial charge in [0.1, 0.15) is 6.29 Å². The number of hydrogen-bond donors (Lipinski definition) is 1. The van der Waals surface area contributed by atoms with Crippen molar-refractivity contribution in [2.45, 2.75) is 18.9 Å². The molecule has 1 rings (SSSR count). The van der Waals surface area contributed by atoms with E-state index in [9.17, 15) is 4.79 Å². The Labute approximate surface area is 82.7 Å². The molecule has 0 fully saturated rings. The summed E-state index contributed by atoms with van der Waals surface area (Å²) in [5, 5.41) is 0.715. The van der Waals surface area contributed by atoms with E-state index in [4.69, 9.17) is 17.3 Å². The summed E-state index contributed by atoms with van der Waals surface area (Å²) in [5.41, 5.74) is 6.80. The second-order valence-electron chi connectivity index (χ2n) is 2.99. The van der Waals surface area contributed by atoms with Crippen molar-refractivity contribution in [3.05, 3.63) is 34.9 Å². The van der Waals surface area contributed by atoms with Gasteiger partial charge < -0.3 is 10.5 Å². The standard InChI is InChI=1S/C10H12ClNO/c11-9-3-1-8(2-4-9)7-10(12)5-6-13/h1-4,6,10H,5,7,12H2/t10-/m0/s1. The molecule has 0 aliphatic carbocycles. The van der Waals surface area contributed by atoms with Crippen LogP contribution in [0, 0.1) is 0 Å². The molecule has 0 spiro atoms. The fourth-order valence-corrected chi connectivity index (χ4v) is 1.26. The predicted molar refractivity (Wildman–Crippen MR) is 53.8 cm³/mol. The molecule has 0 amide bonds. The van der Waals surface area contributed by atoms with E-state index in [0.717, 1.165) is 18.3 Å². The van der Waals surface area contributed by atoms with Gasteiger partial charge in [-0.2, -0.15) is 0 Å². The zero-order valence-electron chi connectivity index (χ0n) is 7.24. The van der Waals surface area contributed by atoms with Crippen molar-refractivity contribution in [2.24, 2.45) is 5.73 Å². The summed E-state index contributed by atoms with van der Waals surface area (Å²) < 4.78 is 0. The maximum atomic E-state index is 10.2. The molecule has 0 saturated heterocycles. The lowest BCUT2D eigenvalue weighted by Gasteiger charge is -2.07. The van der Waals surface area contributed by atoms with Crippen LogP contribution in [0.3, 0.4) is 0 Å². The van der Waals surface area contributed by atoms with Crippen molar-refractivity contribution in [3.8, 4) is 0 Å². The quantitative estimate of drug-likeness (QED) is 0.748. The Hall–Kier alpha value is -0.860. The van der Waals surface area contributed by atoms with Crippen molar-refractivity contribution in [2.75, 3.05) is 0 Å². The van der Waals surface area contributed by atoms with E-state index in [-0.39, 0.29) is 6.04 Å². The SMILES string of the molecule is N[C@@H](CC=O)Cc1ccc(Cl)cc1. The van der Waals surface area contributed by atoms with E-state index < -0.39 is 0 Å². The summed E-state index contributed by atoms with van der Waals surface area (Å²) in [6.07, 6.45) is 1.97. The Balaban J connectivity index is 2.53. The van der Waals surface area contributed by atoms with Crippen molar-refractivity contribution >= 4 is 17.9 Å². The van der Waals surface area contributed by atoms with Crippen molar-refractivity contribution < 1.29 is 4.79 Å². The second-order valence-corrected chi connectivity index (χ2v) is 3.43. The van der Waals surface area contributed by atoms with E-state index in [1.165, 1.54) is 0 Å². The predicted octanol–water partition coefficient (Wildman–Crippen LogP) is 1.80. The van der Waals surface area contributed by atoms with Gasteiger partial charge in [0.2, 0.25) is 0 Å². The molecule has 0 heterocycles. The van der Waals surface area contributed by atoms with Crippen LogP contribution in [0.2, 0.25) is 5.02 Å². The highest BCUT2D eigenvalue weighted by Gasteiger charge is 2.02. The van der Waals surface area contributed by atoms with Crippen LogP contribution in [-0.2, 0) is 11.2 Å². The fourth-order valence-electron chi connectivity index (χ4n) is 1.13. The maximum Gasteiger partial charge on any atom is 0.121 e. The first-order valence-corrected chi connectivity index (χ1v) is 4.54. The van der Waals surface area contributed by atoms with Crippen LogP contribution < -0.4 is 5.73 Å². The van der Waals surface area contributed by atoms with E-state index in [1.807, 2.05) is 24.3 Å². The molecular formula is C10H12ClNO. The Morgan fingerprint density at radius 3 is 2.54 bits per heavy atom. The van der Waals surface area contributed by atoms with Crippen molar-refractivity contribution in [3.63, 3.8) is 0 Å². The third-order valence-corrected chi connectivity index (χ3v) is 2.06. The Kier molecular flexibility index (Phi) is 3.93. The molecule has 1 aromatic carbocycles. The molecule has 3 heteroatoms. The molecule has 0 aromatic heterocycles. The fraction of sp³-hybridized carbons (Fsp3) is 0.300. The van der Waals surface area contributed by atoms with Gasteiger partial charge in [-0.15, -0.1) is 0 Å². The molecule has 2 nitrogen and oxygen atoms in total. The molecule has 1 aromatic rings. The first kappa shape index (κ1) is 10.2. The lowest BCUT2D eigenvalue weighted by molar-refractivity contribution is -0.108. The normalized spacial score (nSPS) is 12.5. The number of carbonyl (C=O) groups is 1. The number of aldehydes is 1. The monoisotopic (exact) mass is 197 g/mol. The van der Waals surface area contributed by atoms with Crippen molar-refractivity contribution in [1.29, 1.82) is 0 Å². The highest BCUT2D eigenvalue weighted by molar-refractivity contribution is 6.30. The summed E-state index contributed by atoms with van der Waals surface area (Å²) in [5.74, 6) is 0. The van der Waals surface area contributed by atoms with Crippen LogP contribution in [-0.4, -0.2) is 12.3 Å². The summed E-state index contributed by atoms with van der Waals surface area (Å²) in [7, 11) is 0. The van der Waals surface area contributed by atoms with Gasteiger partial charge in [0.05, 0.1) is 0 Å². The van der Waals surface area contributed by atoms with Crippen LogP contribution in [0.4, 0.5) is 0 Å². The Morgan fingerprint density at radius 1 is 1.38 bits per heavy atom. The molecule has 0 aliphatic heterocycles. The third-order valence-electron chi connectivity index (χ3n) is 1.81. The minimum absolute atomic E-state index is 0.0846. The maximum absolute atomic E-state index is 10.2. The highest BCUT2D eigenvalue weighted by atomic mass is 35.5. The molecule has 13 heavy (non-hydrogen) atoms. The molecule has 0 radical (unpaired) electrons. The molecule has 0 aliphatic rings. The topological polar surface area (TPSA) is 43.1 Å². The zero-order chi connectivity index (χ0) is 9.68. The summed E-state index contributed by atoms with van der Waals surface area (Å²) in [4.78, 5) is 10.2. The van der Waals surface area contributed by atoms with Gasteiger partial charge in [-0.05, 0) is 24.1 Å². The van der Waals surface area contributed by atoms with E-state index in [0.29, 0.717) is 11.4 Å². The van der Waals surface area contributed by atoms with Gasteiger partial charge in [0.15, 0.2) is 0 Å². The van der Waals surface area contributed by atoms with Crippen LogP contribution in [0.1, 0.15) is 12.0 Å². The first-order chi connectivity index (χ1) is 6.22. The van der Waals surface area contributed by atoms with E-state index >= 15 is 0 Å². The number of carbonyl (C=O) groups excluding carboxylic acids is 1. The smallest absolute Gasteiger partial charge is 0.121 e. The zero-order valence-corrected chi connectivity index (χ0v) is 8.00. The molecule has 0 bridgehead atoms. The van der Waals surface area contributed by atoms with Crippen LogP contribution in [0.25, 0.3) is 0 Å². The summed E-state index contributed by atoms with van der Waals surface area (Å²) >= 11 is 5.72. The Morgan fingerprint density at radius 2 is 2.00 bits per heavy atom. The molecule has 0 unspecified atom stereocenters. The van der Waals surface area contributed by atoms with Gasteiger partial charge in [0.25, 0.3) is 0 Å². The number of halogens is 1. The number of benzene rings is 1. The van der Waals surface area contributed by atoms with Gasteiger partial charge in [-0.25, -0.2) is 0 Å². The molecular weight excluding hydrogens is 186 g/mol. The van der Waals surface area contributed by atoms with Gasteiger partial charge >= 0.3 is 0 Å². The average molecular weight is 198 g/mol. The second kappa shape index (κ2) is 5.00. The summed E-state index contributed by atoms with van der Waals surface area (Å²) in [6, 6.07) is 7.41. The molecule has 70 valence electrons. The molecule has 2 N–H and O–H groups in total. The number of nitrogens with two attached hydrogens (primary N) is 1. The lowest BCUT2D eigenvalue weighted by atomic mass is 10.1. The molecule has 1 atom stereocenters. The van der Waals surface area contributed by atoms with E-state index in [2.05, 4.69) is 0 Å². The highest BCUT2D eigenvalue weighted by Crippen LogP contribution is 2.10. The number of hydrogen-bond acceptors (Lipinski definition) is 2. The lowest BCUT2D eigenvalue weighted by Crippen LogP contribution is -2.22. The largest absolute Gasteiger partial charge is 0.327 e. The van der Waals surface area contributed by atoms with Crippen LogP contribution >= 0.6 is 11.6 Å². The third kappa shape index (κ3) is 3.57. The minimum Gasteiger partial charge on any atom is -0.327 e. The first-order valence-electron chi connectivity index (χ1n) is 4.16. The minimum atomic E-state index is -0.0846. The van der Waals surface area contributed by atoms with Crippen molar-refractivity contribution in [1.82, 2.24) is 0 Å². The van der Waals surface area contributed by atoms with Gasteiger partial charge in [0, 0.05) is 17.5 Å². The van der Waals surface area contributed by atoms with Crippen LogP contribution in [0.5, 0.6) is 0 Å². The van der Waals surface area contributed by atoms with Gasteiger partial charge in [-0.3, -0.25) is 0 Å². The van der Waals surface area contributed by atoms with Gasteiger partial charge in [-0.1, -0.05) is 23.7 Å². The summed E-state index contributed by atoms with van der Waals surface area (Å²) in [6.45, 7) is 0. The number of rotatable bonds is 4. The Bertz CT molecular complexity index is 271. The van der Waals surface area contributed by atoms with Crippen LogP contribution in [0.15, 0.2) is 24.3 Å². The molecule has 0 saturated carbocycles. The average Bonchev–Trinajstić information content (AvgIpc) is 2.09. The van der Waals surface area contributed by atoms with E-state index in [1.54, 1.807) is 0 Å².